The number of carbonyl (C=O) groups is 1. The van der Waals surface area contributed by atoms with Gasteiger partial charge >= 0.3 is 5.91 Å². The fraction of sp³-hybridized carbons (Fsp3) is 0.462. The number of amides is 1. The maximum absolute atomic E-state index is 11.3. The standard InChI is InChI=1S/C13H19N3O/c14-12(17)13(15)6-8-16(9-7-13)10-11-4-2-1-3-5-11/h1-5H,6-10,15H2,(H2,14,17)/p+1. The Morgan fingerprint density at radius 1 is 1.29 bits per heavy atom. The molecule has 1 heterocycles. The van der Waals surface area contributed by atoms with E-state index in [2.05, 4.69) is 22.8 Å². The molecule has 1 saturated heterocycles. The predicted molar refractivity (Wildman–Crippen MR) is 65.8 cm³/mol. The van der Waals surface area contributed by atoms with Crippen LogP contribution in [0.1, 0.15) is 18.4 Å². The molecular weight excluding hydrogens is 214 g/mol. The van der Waals surface area contributed by atoms with Crippen LogP contribution in [0.25, 0.3) is 0 Å². The number of nitrogens with two attached hydrogens (primary N) is 1. The van der Waals surface area contributed by atoms with Crippen LogP contribution in [0.15, 0.2) is 30.3 Å². The molecule has 0 spiro atoms. The molecule has 4 heteroatoms. The lowest BCUT2D eigenvalue weighted by molar-refractivity contribution is -0.314. The van der Waals surface area contributed by atoms with Crippen molar-refractivity contribution in [1.82, 2.24) is 4.90 Å². The Labute approximate surface area is 102 Å². The number of hydrogen-bond acceptors (Lipinski definition) is 3. The first-order valence-corrected chi connectivity index (χ1v) is 6.02. The van der Waals surface area contributed by atoms with E-state index in [-0.39, 0.29) is 5.91 Å². The molecule has 0 aliphatic carbocycles. The summed E-state index contributed by atoms with van der Waals surface area (Å²) in [4.78, 5) is 13.7. The lowest BCUT2D eigenvalue weighted by Crippen LogP contribution is -2.73. The van der Waals surface area contributed by atoms with Gasteiger partial charge in [0, 0.05) is 19.6 Å². The smallest absolute Gasteiger partial charge is 0.314 e. The van der Waals surface area contributed by atoms with Gasteiger partial charge < -0.3 is 5.73 Å². The molecule has 0 bridgehead atoms. The molecule has 1 aliphatic rings. The number of rotatable bonds is 3. The Kier molecular flexibility index (Phi) is 3.57. The summed E-state index contributed by atoms with van der Waals surface area (Å²) in [6, 6.07) is 10.4. The highest BCUT2D eigenvalue weighted by Gasteiger charge is 2.38. The predicted octanol–water partition coefficient (Wildman–Crippen LogP) is -0.252. The normalized spacial score (nSPS) is 20.1. The Bertz CT molecular complexity index is 383. The SMILES string of the molecule is NC1(C([NH3+])=O)CCN(Cc2ccccc2)CC1. The fourth-order valence-electron chi connectivity index (χ4n) is 2.23. The Morgan fingerprint density at radius 3 is 2.41 bits per heavy atom. The number of nitrogens with zero attached hydrogens (tertiary/aromatic N) is 1. The maximum Gasteiger partial charge on any atom is 0.328 e. The second kappa shape index (κ2) is 4.96. The molecular formula is C13H20N3O+. The van der Waals surface area contributed by atoms with Crippen LogP contribution < -0.4 is 11.5 Å². The molecule has 17 heavy (non-hydrogen) atoms. The molecule has 92 valence electrons. The summed E-state index contributed by atoms with van der Waals surface area (Å²) in [5.41, 5.74) is 10.1. The van der Waals surface area contributed by atoms with E-state index in [4.69, 9.17) is 5.73 Å². The van der Waals surface area contributed by atoms with Crippen LogP contribution in [0, 0.1) is 0 Å². The third-order valence-corrected chi connectivity index (χ3v) is 3.55. The third kappa shape index (κ3) is 2.91. The van der Waals surface area contributed by atoms with E-state index in [9.17, 15) is 4.79 Å². The number of hydrogen-bond donors (Lipinski definition) is 2. The van der Waals surface area contributed by atoms with Gasteiger partial charge in [0.05, 0.1) is 0 Å². The summed E-state index contributed by atoms with van der Waals surface area (Å²) in [5.74, 6) is -0.128. The van der Waals surface area contributed by atoms with E-state index in [1.165, 1.54) is 5.56 Å². The second-order valence-corrected chi connectivity index (χ2v) is 4.84. The molecule has 0 aromatic heterocycles. The van der Waals surface area contributed by atoms with Gasteiger partial charge in [-0.2, -0.15) is 0 Å². The van der Waals surface area contributed by atoms with E-state index in [1.807, 2.05) is 18.2 Å². The van der Waals surface area contributed by atoms with Crippen molar-refractivity contribution in [2.24, 2.45) is 5.73 Å². The van der Waals surface area contributed by atoms with Gasteiger partial charge in [-0.1, -0.05) is 30.3 Å². The molecule has 1 fully saturated rings. The molecule has 5 N–H and O–H groups in total. The zero-order valence-electron chi connectivity index (χ0n) is 10.1. The Morgan fingerprint density at radius 2 is 1.88 bits per heavy atom. The van der Waals surface area contributed by atoms with Gasteiger partial charge in [-0.3, -0.25) is 10.6 Å². The van der Waals surface area contributed by atoms with Gasteiger partial charge in [0.15, 0.2) is 0 Å². The van der Waals surface area contributed by atoms with Crippen LogP contribution in [-0.2, 0) is 11.3 Å². The van der Waals surface area contributed by atoms with Crippen molar-refractivity contribution in [3.8, 4) is 0 Å². The average Bonchev–Trinajstić information content (AvgIpc) is 2.33. The Hall–Kier alpha value is -1.23. The largest absolute Gasteiger partial charge is 0.328 e. The number of carbonyl (C=O) groups excluding carboxylic acids is 1. The summed E-state index contributed by atoms with van der Waals surface area (Å²) in [6.45, 7) is 2.67. The molecule has 0 unspecified atom stereocenters. The number of likely N-dealkylation sites (tertiary alicyclic amines) is 1. The van der Waals surface area contributed by atoms with Crippen LogP contribution in [0.2, 0.25) is 0 Å². The van der Waals surface area contributed by atoms with Crippen molar-refractivity contribution in [2.45, 2.75) is 24.9 Å². The fourth-order valence-corrected chi connectivity index (χ4v) is 2.23. The summed E-state index contributed by atoms with van der Waals surface area (Å²) in [6.07, 6.45) is 1.42. The molecule has 2 rings (SSSR count). The van der Waals surface area contributed by atoms with Crippen molar-refractivity contribution in [3.05, 3.63) is 35.9 Å². The molecule has 1 aliphatic heterocycles. The minimum absolute atomic E-state index is 0.128. The minimum atomic E-state index is -0.687. The van der Waals surface area contributed by atoms with Crippen LogP contribution in [-0.4, -0.2) is 29.4 Å². The number of piperidine rings is 1. The van der Waals surface area contributed by atoms with Crippen molar-refractivity contribution < 1.29 is 10.5 Å². The monoisotopic (exact) mass is 234 g/mol. The highest BCUT2D eigenvalue weighted by Crippen LogP contribution is 2.20. The summed E-state index contributed by atoms with van der Waals surface area (Å²) in [7, 11) is 0. The molecule has 0 radical (unpaired) electrons. The summed E-state index contributed by atoms with van der Waals surface area (Å²) >= 11 is 0. The lowest BCUT2D eigenvalue weighted by Gasteiger charge is -2.35. The van der Waals surface area contributed by atoms with Gasteiger partial charge in [0.2, 0.25) is 0 Å². The van der Waals surface area contributed by atoms with Crippen molar-refractivity contribution in [1.29, 1.82) is 0 Å². The van der Waals surface area contributed by atoms with Gasteiger partial charge in [0.1, 0.15) is 5.54 Å². The highest BCUT2D eigenvalue weighted by atomic mass is 16.1. The van der Waals surface area contributed by atoms with Crippen molar-refractivity contribution >= 4 is 5.91 Å². The Balaban J connectivity index is 1.90. The van der Waals surface area contributed by atoms with E-state index in [0.29, 0.717) is 12.8 Å². The van der Waals surface area contributed by atoms with E-state index in [0.717, 1.165) is 19.6 Å². The van der Waals surface area contributed by atoms with Crippen LogP contribution in [0.4, 0.5) is 0 Å². The summed E-state index contributed by atoms with van der Waals surface area (Å²) < 4.78 is 0. The molecule has 0 saturated carbocycles. The van der Waals surface area contributed by atoms with Crippen LogP contribution >= 0.6 is 0 Å². The zero-order chi connectivity index (χ0) is 12.3. The van der Waals surface area contributed by atoms with Crippen molar-refractivity contribution in [2.75, 3.05) is 13.1 Å². The first-order chi connectivity index (χ1) is 8.10. The molecule has 0 atom stereocenters. The summed E-state index contributed by atoms with van der Waals surface area (Å²) in [5, 5.41) is 0. The lowest BCUT2D eigenvalue weighted by atomic mass is 9.88. The third-order valence-electron chi connectivity index (χ3n) is 3.55. The number of benzene rings is 1. The zero-order valence-corrected chi connectivity index (χ0v) is 10.1. The molecule has 4 nitrogen and oxygen atoms in total. The van der Waals surface area contributed by atoms with E-state index < -0.39 is 5.54 Å². The molecule has 1 aromatic rings. The van der Waals surface area contributed by atoms with Gasteiger partial charge in [-0.25, -0.2) is 4.79 Å². The van der Waals surface area contributed by atoms with Gasteiger partial charge in [-0.05, 0) is 18.4 Å². The quantitative estimate of drug-likeness (QED) is 0.757. The molecule has 1 amide bonds. The average molecular weight is 234 g/mol. The first kappa shape index (κ1) is 12.2. The second-order valence-electron chi connectivity index (χ2n) is 4.84. The van der Waals surface area contributed by atoms with E-state index >= 15 is 0 Å². The van der Waals surface area contributed by atoms with Crippen molar-refractivity contribution in [3.63, 3.8) is 0 Å². The van der Waals surface area contributed by atoms with Gasteiger partial charge in [-0.15, -0.1) is 0 Å². The van der Waals surface area contributed by atoms with Crippen LogP contribution in [0.5, 0.6) is 0 Å². The van der Waals surface area contributed by atoms with Gasteiger partial charge in [0.25, 0.3) is 0 Å². The maximum atomic E-state index is 11.3. The van der Waals surface area contributed by atoms with Crippen LogP contribution in [0.3, 0.4) is 0 Å². The van der Waals surface area contributed by atoms with E-state index in [1.54, 1.807) is 0 Å². The highest BCUT2D eigenvalue weighted by molar-refractivity contribution is 5.76. The number of quaternary nitrogens is 1. The topological polar surface area (TPSA) is 74.0 Å². The first-order valence-electron chi connectivity index (χ1n) is 6.02. The molecule has 1 aromatic carbocycles. The minimum Gasteiger partial charge on any atom is -0.314 e.